The summed E-state index contributed by atoms with van der Waals surface area (Å²) in [7, 11) is 0. The van der Waals surface area contributed by atoms with E-state index in [0.717, 1.165) is 6.42 Å². The molecule has 2 unspecified atom stereocenters. The Balaban J connectivity index is -0.000000362. The number of unbranched alkanes of at least 4 members (excludes halogenated alkanes) is 11. The normalized spacial score (nSPS) is 12.1. The molecule has 1 heteroatoms. The molecule has 0 spiro atoms. The Morgan fingerprint density at radius 2 is 1.00 bits per heavy atom. The monoisotopic (exact) mass is 399 g/mol. The first-order valence-corrected chi connectivity index (χ1v) is 13.1. The largest absolute Gasteiger partial charge is 0.327 e. The standard InChI is InChI=1S/C20H41N.C3H8.2C2H6/c1-4-6-7-8-9-10-11-12-13-14-15-16-17-18-19(3)20(21)5-2;1-3-2;2*1-2/h17-20H,4-16,21H2,1-3H3;3H2,1-2H3;2*1-2H3/b18-17+;;;. The Labute approximate surface area is 182 Å². The van der Waals surface area contributed by atoms with Gasteiger partial charge >= 0.3 is 0 Å². The van der Waals surface area contributed by atoms with Crippen LogP contribution in [-0.2, 0) is 0 Å². The van der Waals surface area contributed by atoms with Gasteiger partial charge in [0.1, 0.15) is 0 Å². The Morgan fingerprint density at radius 1 is 0.643 bits per heavy atom. The van der Waals surface area contributed by atoms with Gasteiger partial charge in [-0.05, 0) is 25.2 Å². The molecular formula is C27H61N. The van der Waals surface area contributed by atoms with Crippen molar-refractivity contribution in [3.63, 3.8) is 0 Å². The second kappa shape index (κ2) is 37.5. The predicted molar refractivity (Wildman–Crippen MR) is 136 cm³/mol. The maximum atomic E-state index is 6.01. The number of hydrogen-bond acceptors (Lipinski definition) is 1. The van der Waals surface area contributed by atoms with E-state index in [1.165, 1.54) is 83.5 Å². The van der Waals surface area contributed by atoms with Crippen molar-refractivity contribution in [2.24, 2.45) is 11.7 Å². The van der Waals surface area contributed by atoms with E-state index in [1.807, 2.05) is 27.7 Å². The Bertz CT molecular complexity index is 234. The molecule has 0 amide bonds. The molecule has 0 aliphatic rings. The van der Waals surface area contributed by atoms with Crippen LogP contribution in [0.25, 0.3) is 0 Å². The SMILES string of the molecule is CC.CC.CCC.CCCCCCCCCCCCC/C=C/C(C)C(N)CC. The number of rotatable bonds is 15. The van der Waals surface area contributed by atoms with Crippen molar-refractivity contribution in [3.05, 3.63) is 12.2 Å². The highest BCUT2D eigenvalue weighted by Crippen LogP contribution is 2.12. The average molecular weight is 400 g/mol. The minimum atomic E-state index is 0.332. The molecule has 0 saturated heterocycles. The fourth-order valence-corrected chi connectivity index (χ4v) is 2.75. The summed E-state index contributed by atoms with van der Waals surface area (Å²) in [6, 6.07) is 0.332. The average Bonchev–Trinajstić information content (AvgIpc) is 2.74. The van der Waals surface area contributed by atoms with Gasteiger partial charge in [-0.15, -0.1) is 0 Å². The molecule has 0 heterocycles. The van der Waals surface area contributed by atoms with Crippen LogP contribution in [-0.4, -0.2) is 6.04 Å². The lowest BCUT2D eigenvalue weighted by atomic mass is 9.99. The summed E-state index contributed by atoms with van der Waals surface area (Å²) in [6.07, 6.45) is 23.9. The van der Waals surface area contributed by atoms with Crippen molar-refractivity contribution in [3.8, 4) is 0 Å². The fraction of sp³-hybridized carbons (Fsp3) is 0.926. The Kier molecular flexibility index (Phi) is 47.0. The summed E-state index contributed by atoms with van der Waals surface area (Å²) >= 11 is 0. The van der Waals surface area contributed by atoms with Gasteiger partial charge in [-0.1, -0.05) is 145 Å². The van der Waals surface area contributed by atoms with E-state index in [2.05, 4.69) is 46.8 Å². The van der Waals surface area contributed by atoms with Crippen molar-refractivity contribution < 1.29 is 0 Å². The zero-order valence-electron chi connectivity index (χ0n) is 21.8. The summed E-state index contributed by atoms with van der Waals surface area (Å²) in [5.41, 5.74) is 6.01. The van der Waals surface area contributed by atoms with E-state index in [4.69, 9.17) is 5.73 Å². The third-order valence-corrected chi connectivity index (χ3v) is 4.56. The van der Waals surface area contributed by atoms with Crippen LogP contribution in [0.5, 0.6) is 0 Å². The molecular weight excluding hydrogens is 338 g/mol. The van der Waals surface area contributed by atoms with E-state index in [-0.39, 0.29) is 0 Å². The topological polar surface area (TPSA) is 26.0 Å². The lowest BCUT2D eigenvalue weighted by Crippen LogP contribution is -2.25. The molecule has 0 aromatic heterocycles. The molecule has 0 bridgehead atoms. The lowest BCUT2D eigenvalue weighted by molar-refractivity contribution is 0.522. The van der Waals surface area contributed by atoms with E-state index in [0.29, 0.717) is 12.0 Å². The zero-order chi connectivity index (χ0) is 22.5. The van der Waals surface area contributed by atoms with Gasteiger partial charge in [0, 0.05) is 6.04 Å². The van der Waals surface area contributed by atoms with Crippen molar-refractivity contribution in [2.75, 3.05) is 0 Å². The van der Waals surface area contributed by atoms with Crippen LogP contribution in [0.2, 0.25) is 0 Å². The highest BCUT2D eigenvalue weighted by Gasteiger charge is 2.05. The summed E-state index contributed by atoms with van der Waals surface area (Å²) in [4.78, 5) is 0. The highest BCUT2D eigenvalue weighted by atomic mass is 14.6. The molecule has 0 radical (unpaired) electrons. The maximum absolute atomic E-state index is 6.01. The molecule has 0 aliphatic carbocycles. The van der Waals surface area contributed by atoms with E-state index < -0.39 is 0 Å². The van der Waals surface area contributed by atoms with Gasteiger partial charge in [-0.25, -0.2) is 0 Å². The van der Waals surface area contributed by atoms with Gasteiger partial charge in [-0.2, -0.15) is 0 Å². The second-order valence-electron chi connectivity index (χ2n) is 7.39. The summed E-state index contributed by atoms with van der Waals surface area (Å²) < 4.78 is 0. The second-order valence-corrected chi connectivity index (χ2v) is 7.39. The summed E-state index contributed by atoms with van der Waals surface area (Å²) in [5.74, 6) is 0.530. The van der Waals surface area contributed by atoms with Gasteiger partial charge in [-0.3, -0.25) is 0 Å². The van der Waals surface area contributed by atoms with Gasteiger partial charge in [0.25, 0.3) is 0 Å². The maximum Gasteiger partial charge on any atom is 0.00966 e. The minimum Gasteiger partial charge on any atom is -0.327 e. The third-order valence-electron chi connectivity index (χ3n) is 4.56. The highest BCUT2D eigenvalue weighted by molar-refractivity contribution is 4.90. The van der Waals surface area contributed by atoms with E-state index in [1.54, 1.807) is 0 Å². The lowest BCUT2D eigenvalue weighted by Gasteiger charge is -2.13. The Hall–Kier alpha value is -0.300. The molecule has 2 atom stereocenters. The zero-order valence-corrected chi connectivity index (χ0v) is 21.8. The van der Waals surface area contributed by atoms with Crippen molar-refractivity contribution in [1.29, 1.82) is 0 Å². The molecule has 2 N–H and O–H groups in total. The van der Waals surface area contributed by atoms with E-state index >= 15 is 0 Å². The first-order chi connectivity index (χ1) is 13.6. The molecule has 0 saturated carbocycles. The Morgan fingerprint density at radius 3 is 1.36 bits per heavy atom. The van der Waals surface area contributed by atoms with Crippen LogP contribution in [0, 0.1) is 5.92 Å². The van der Waals surface area contributed by atoms with Gasteiger partial charge in [0.05, 0.1) is 0 Å². The van der Waals surface area contributed by atoms with Crippen LogP contribution in [0.3, 0.4) is 0 Å². The van der Waals surface area contributed by atoms with E-state index in [9.17, 15) is 0 Å². The van der Waals surface area contributed by atoms with Crippen molar-refractivity contribution in [2.45, 2.75) is 158 Å². The van der Waals surface area contributed by atoms with Gasteiger partial charge < -0.3 is 5.73 Å². The molecule has 0 rings (SSSR count). The van der Waals surface area contributed by atoms with Crippen molar-refractivity contribution >= 4 is 0 Å². The summed E-state index contributed by atoms with van der Waals surface area (Å²) in [6.45, 7) is 18.9. The third kappa shape index (κ3) is 36.6. The first-order valence-electron chi connectivity index (χ1n) is 13.1. The van der Waals surface area contributed by atoms with Crippen molar-refractivity contribution in [1.82, 2.24) is 0 Å². The molecule has 0 aromatic rings. The number of hydrogen-bond donors (Lipinski definition) is 1. The first kappa shape index (κ1) is 35.2. The number of nitrogens with two attached hydrogens (primary N) is 1. The molecule has 1 nitrogen and oxygen atoms in total. The molecule has 0 aromatic carbocycles. The molecule has 0 fully saturated rings. The van der Waals surface area contributed by atoms with Crippen LogP contribution >= 0.6 is 0 Å². The quantitative estimate of drug-likeness (QED) is 0.215. The predicted octanol–water partition coefficient (Wildman–Crippen LogP) is 10.1. The smallest absolute Gasteiger partial charge is 0.00966 e. The van der Waals surface area contributed by atoms with Crippen LogP contribution in [0.15, 0.2) is 12.2 Å². The van der Waals surface area contributed by atoms with Gasteiger partial charge in [0.2, 0.25) is 0 Å². The summed E-state index contributed by atoms with van der Waals surface area (Å²) in [5, 5.41) is 0. The molecule has 0 aliphatic heterocycles. The number of allylic oxidation sites excluding steroid dienone is 1. The van der Waals surface area contributed by atoms with Gasteiger partial charge in [0.15, 0.2) is 0 Å². The molecule has 28 heavy (non-hydrogen) atoms. The molecule has 174 valence electrons. The van der Waals surface area contributed by atoms with Crippen LogP contribution < -0.4 is 5.73 Å². The minimum absolute atomic E-state index is 0.332. The van der Waals surface area contributed by atoms with Crippen LogP contribution in [0.4, 0.5) is 0 Å². The fourth-order valence-electron chi connectivity index (χ4n) is 2.75. The van der Waals surface area contributed by atoms with Crippen LogP contribution in [0.1, 0.15) is 152 Å².